The number of rotatable bonds is 8. The van der Waals surface area contributed by atoms with Crippen LogP contribution in [0.2, 0.25) is 0 Å². The van der Waals surface area contributed by atoms with Gasteiger partial charge in [-0.1, -0.05) is 6.07 Å². The van der Waals surface area contributed by atoms with Crippen LogP contribution < -0.4 is 5.32 Å². The van der Waals surface area contributed by atoms with Crippen molar-refractivity contribution in [3.63, 3.8) is 0 Å². The first kappa shape index (κ1) is 19.2. The number of nitrogens with zero attached hydrogens (tertiary/aromatic N) is 2. The molecule has 1 aromatic rings. The summed E-state index contributed by atoms with van der Waals surface area (Å²) in [5.74, 6) is -1.05. The molecule has 0 radical (unpaired) electrons. The maximum absolute atomic E-state index is 12.2. The van der Waals surface area contributed by atoms with Gasteiger partial charge in [0.1, 0.15) is 11.3 Å². The van der Waals surface area contributed by atoms with E-state index in [9.17, 15) is 9.59 Å². The van der Waals surface area contributed by atoms with Gasteiger partial charge >= 0.3 is 11.9 Å². The molecule has 1 N–H and O–H groups in total. The highest BCUT2D eigenvalue weighted by Crippen LogP contribution is 2.13. The molecular formula is C17H23N3O4. The van der Waals surface area contributed by atoms with Crippen molar-refractivity contribution >= 4 is 17.5 Å². The third-order valence-electron chi connectivity index (χ3n) is 2.69. The topological polar surface area (TPSA) is 80.8 Å². The lowest BCUT2D eigenvalue weighted by Crippen LogP contribution is -2.22. The van der Waals surface area contributed by atoms with Gasteiger partial charge in [-0.2, -0.15) is 0 Å². The minimum atomic E-state index is -0.531. The zero-order valence-corrected chi connectivity index (χ0v) is 14.4. The molecule has 0 saturated carbocycles. The number of esters is 2. The van der Waals surface area contributed by atoms with Gasteiger partial charge in [0.25, 0.3) is 0 Å². The molecule has 0 aliphatic rings. The molecule has 0 spiro atoms. The number of nitrogens with one attached hydrogen (secondary N) is 1. The second kappa shape index (κ2) is 10.0. The minimum absolute atomic E-state index is 0.194. The van der Waals surface area contributed by atoms with E-state index in [2.05, 4.69) is 10.3 Å². The van der Waals surface area contributed by atoms with Crippen LogP contribution in [0, 0.1) is 0 Å². The highest BCUT2D eigenvalue weighted by atomic mass is 16.5. The Labute approximate surface area is 142 Å². The second-order valence-electron chi connectivity index (χ2n) is 4.86. The molecule has 24 heavy (non-hydrogen) atoms. The zero-order valence-electron chi connectivity index (χ0n) is 14.4. The van der Waals surface area contributed by atoms with E-state index in [0.29, 0.717) is 5.69 Å². The normalized spacial score (nSPS) is 11.7. The Morgan fingerprint density at radius 3 is 2.38 bits per heavy atom. The van der Waals surface area contributed by atoms with Crippen LogP contribution >= 0.6 is 0 Å². The summed E-state index contributed by atoms with van der Waals surface area (Å²) in [6.07, 6.45) is 4.53. The van der Waals surface area contributed by atoms with Gasteiger partial charge in [-0.15, -0.1) is 0 Å². The summed E-state index contributed by atoms with van der Waals surface area (Å²) in [5, 5.41) is 2.82. The lowest BCUT2D eigenvalue weighted by Gasteiger charge is -2.12. The summed E-state index contributed by atoms with van der Waals surface area (Å²) in [6, 6.07) is 5.19. The third kappa shape index (κ3) is 6.12. The smallest absolute Gasteiger partial charge is 0.356 e. The standard InChI is InChI=1S/C17H23N3O4/c1-5-23-16(21)13(14-9-7-8-10-18-14)11-19-15(12-20(3)4)17(22)24-6-2/h7-12,19H,5-6H2,1-4H3/b13-11-,15-12+. The summed E-state index contributed by atoms with van der Waals surface area (Å²) >= 11 is 0. The molecule has 0 amide bonds. The number of carbonyl (C=O) groups excluding carboxylic acids is 2. The van der Waals surface area contributed by atoms with E-state index in [1.54, 1.807) is 63.4 Å². The van der Waals surface area contributed by atoms with Crippen LogP contribution in [0.15, 0.2) is 42.5 Å². The van der Waals surface area contributed by atoms with Gasteiger partial charge in [0.15, 0.2) is 0 Å². The predicted octanol–water partition coefficient (Wildman–Crippen LogP) is 1.54. The van der Waals surface area contributed by atoms with Crippen LogP contribution in [0.3, 0.4) is 0 Å². The average Bonchev–Trinajstić information content (AvgIpc) is 2.55. The van der Waals surface area contributed by atoms with Gasteiger partial charge in [-0.05, 0) is 26.0 Å². The summed E-state index contributed by atoms with van der Waals surface area (Å²) in [7, 11) is 3.55. The molecule has 130 valence electrons. The van der Waals surface area contributed by atoms with E-state index in [1.807, 2.05) is 0 Å². The molecule has 7 nitrogen and oxygen atoms in total. The fraction of sp³-hybridized carbons (Fsp3) is 0.353. The van der Waals surface area contributed by atoms with Crippen molar-refractivity contribution in [3.05, 3.63) is 48.2 Å². The Morgan fingerprint density at radius 1 is 1.17 bits per heavy atom. The minimum Gasteiger partial charge on any atom is -0.462 e. The van der Waals surface area contributed by atoms with Gasteiger partial charge < -0.3 is 19.7 Å². The summed E-state index contributed by atoms with van der Waals surface area (Å²) in [6.45, 7) is 3.93. The van der Waals surface area contributed by atoms with Crippen LogP contribution in [0.25, 0.3) is 5.57 Å². The quantitative estimate of drug-likeness (QED) is 0.571. The Kier molecular flexibility index (Phi) is 8.04. The fourth-order valence-corrected chi connectivity index (χ4v) is 1.73. The molecule has 0 aliphatic carbocycles. The number of carbonyl (C=O) groups is 2. The first-order valence-corrected chi connectivity index (χ1v) is 7.60. The molecule has 1 aromatic heterocycles. The van der Waals surface area contributed by atoms with Crippen molar-refractivity contribution in [1.29, 1.82) is 0 Å². The van der Waals surface area contributed by atoms with Crippen molar-refractivity contribution in [3.8, 4) is 0 Å². The Hall–Kier alpha value is -2.83. The van der Waals surface area contributed by atoms with Gasteiger partial charge in [0.2, 0.25) is 0 Å². The third-order valence-corrected chi connectivity index (χ3v) is 2.69. The predicted molar refractivity (Wildman–Crippen MR) is 90.4 cm³/mol. The SMILES string of the molecule is CCOC(=O)/C(=C\N/C(=C/N(C)C)C(=O)OCC)c1ccccn1. The molecular weight excluding hydrogens is 310 g/mol. The van der Waals surface area contributed by atoms with Crippen molar-refractivity contribution in [2.24, 2.45) is 0 Å². The molecule has 7 heteroatoms. The van der Waals surface area contributed by atoms with E-state index in [4.69, 9.17) is 9.47 Å². The van der Waals surface area contributed by atoms with Gasteiger partial charge in [-0.25, -0.2) is 9.59 Å². The molecule has 0 unspecified atom stereocenters. The number of hydrogen-bond acceptors (Lipinski definition) is 7. The molecule has 0 bridgehead atoms. The number of hydrogen-bond donors (Lipinski definition) is 1. The fourth-order valence-electron chi connectivity index (χ4n) is 1.73. The zero-order chi connectivity index (χ0) is 17.9. The average molecular weight is 333 g/mol. The van der Waals surface area contributed by atoms with Crippen molar-refractivity contribution < 1.29 is 19.1 Å². The first-order valence-electron chi connectivity index (χ1n) is 7.60. The van der Waals surface area contributed by atoms with E-state index in [1.165, 1.54) is 6.20 Å². The number of ether oxygens (including phenoxy) is 2. The Morgan fingerprint density at radius 2 is 1.83 bits per heavy atom. The molecule has 1 rings (SSSR count). The van der Waals surface area contributed by atoms with Gasteiger partial charge in [0.05, 0.1) is 18.9 Å². The van der Waals surface area contributed by atoms with Crippen LogP contribution in [0.4, 0.5) is 0 Å². The van der Waals surface area contributed by atoms with E-state index in [-0.39, 0.29) is 24.5 Å². The van der Waals surface area contributed by atoms with Crippen LogP contribution in [-0.2, 0) is 19.1 Å². The lowest BCUT2D eigenvalue weighted by atomic mass is 10.2. The molecule has 0 aromatic carbocycles. The monoisotopic (exact) mass is 333 g/mol. The molecule has 0 saturated heterocycles. The number of aromatic nitrogens is 1. The first-order chi connectivity index (χ1) is 11.5. The molecule has 0 aliphatic heterocycles. The Bertz CT molecular complexity index is 610. The van der Waals surface area contributed by atoms with Crippen molar-refractivity contribution in [2.75, 3.05) is 27.3 Å². The largest absolute Gasteiger partial charge is 0.462 e. The van der Waals surface area contributed by atoms with Crippen LogP contribution in [-0.4, -0.2) is 49.1 Å². The molecule has 0 atom stereocenters. The van der Waals surface area contributed by atoms with Crippen LogP contribution in [0.5, 0.6) is 0 Å². The summed E-state index contributed by atoms with van der Waals surface area (Å²) in [4.78, 5) is 30.0. The van der Waals surface area contributed by atoms with Crippen molar-refractivity contribution in [1.82, 2.24) is 15.2 Å². The lowest BCUT2D eigenvalue weighted by molar-refractivity contribution is -0.139. The Balaban J connectivity index is 3.12. The summed E-state index contributed by atoms with van der Waals surface area (Å²) in [5.41, 5.74) is 0.850. The highest BCUT2D eigenvalue weighted by molar-refractivity contribution is 6.15. The molecule has 1 heterocycles. The molecule has 0 fully saturated rings. The highest BCUT2D eigenvalue weighted by Gasteiger charge is 2.16. The summed E-state index contributed by atoms with van der Waals surface area (Å²) < 4.78 is 10.0. The van der Waals surface area contributed by atoms with Gasteiger partial charge in [-0.3, -0.25) is 4.98 Å². The maximum Gasteiger partial charge on any atom is 0.356 e. The second-order valence-corrected chi connectivity index (χ2v) is 4.86. The van der Waals surface area contributed by atoms with Crippen molar-refractivity contribution in [2.45, 2.75) is 13.8 Å². The van der Waals surface area contributed by atoms with Gasteiger partial charge in [0, 0.05) is 32.7 Å². The van der Waals surface area contributed by atoms with Crippen LogP contribution in [0.1, 0.15) is 19.5 Å². The van der Waals surface area contributed by atoms with E-state index in [0.717, 1.165) is 0 Å². The maximum atomic E-state index is 12.2. The number of pyridine rings is 1. The van der Waals surface area contributed by atoms with E-state index >= 15 is 0 Å². The van der Waals surface area contributed by atoms with E-state index < -0.39 is 11.9 Å².